The van der Waals surface area contributed by atoms with Crippen LogP contribution in [0.3, 0.4) is 0 Å². The first-order chi connectivity index (χ1) is 12.0. The van der Waals surface area contributed by atoms with Gasteiger partial charge in [-0.05, 0) is 11.5 Å². The maximum Gasteiger partial charge on any atom is 0.227 e. The van der Waals surface area contributed by atoms with Crippen LogP contribution in [-0.2, 0) is 16.0 Å². The van der Waals surface area contributed by atoms with Gasteiger partial charge in [0.1, 0.15) is 0 Å². The highest BCUT2D eigenvalue weighted by atomic mass is 16.5. The topological polar surface area (TPSA) is 97.1 Å². The zero-order valence-corrected chi connectivity index (χ0v) is 14.8. The minimum absolute atomic E-state index is 0.117. The molecule has 0 spiro atoms. The highest BCUT2D eigenvalue weighted by Crippen LogP contribution is 2.20. The Morgan fingerprint density at radius 1 is 1.12 bits per heavy atom. The van der Waals surface area contributed by atoms with Gasteiger partial charge < -0.3 is 15.2 Å². The second kappa shape index (κ2) is 8.96. The predicted octanol–water partition coefficient (Wildman–Crippen LogP) is 2.04. The highest BCUT2D eigenvalue weighted by Gasteiger charge is 2.11. The van der Waals surface area contributed by atoms with Gasteiger partial charge in [0.15, 0.2) is 0 Å². The molecule has 25 heavy (non-hydrogen) atoms. The van der Waals surface area contributed by atoms with Crippen LogP contribution in [0.5, 0.6) is 0 Å². The Kier molecular flexibility index (Phi) is 6.68. The van der Waals surface area contributed by atoms with E-state index in [1.54, 1.807) is 0 Å². The molecule has 0 aliphatic rings. The summed E-state index contributed by atoms with van der Waals surface area (Å²) in [7, 11) is 0. The number of rotatable bonds is 8. The van der Waals surface area contributed by atoms with Gasteiger partial charge in [-0.3, -0.25) is 9.59 Å². The van der Waals surface area contributed by atoms with Crippen LogP contribution in [0.4, 0.5) is 0 Å². The Balaban J connectivity index is 1.81. The number of nitrogens with zero attached hydrogens (tertiary/aromatic N) is 2. The van der Waals surface area contributed by atoms with Crippen LogP contribution in [-0.4, -0.2) is 35.0 Å². The van der Waals surface area contributed by atoms with Gasteiger partial charge in [-0.15, -0.1) is 0 Å². The van der Waals surface area contributed by atoms with E-state index in [1.807, 2.05) is 12.1 Å². The third-order valence-corrected chi connectivity index (χ3v) is 3.69. The monoisotopic (exact) mass is 344 g/mol. The smallest absolute Gasteiger partial charge is 0.227 e. The maximum atomic E-state index is 11.7. The molecule has 0 fully saturated rings. The molecule has 1 aromatic heterocycles. The van der Waals surface area contributed by atoms with Gasteiger partial charge in [0.25, 0.3) is 0 Å². The summed E-state index contributed by atoms with van der Waals surface area (Å²) < 4.78 is 5.21. The van der Waals surface area contributed by atoms with E-state index < -0.39 is 0 Å². The summed E-state index contributed by atoms with van der Waals surface area (Å²) in [5.41, 5.74) is 2.14. The fourth-order valence-electron chi connectivity index (χ4n) is 2.24. The zero-order valence-electron chi connectivity index (χ0n) is 14.8. The number of aryl methyl sites for hydroxylation is 1. The van der Waals surface area contributed by atoms with Crippen LogP contribution in [0, 0.1) is 0 Å². The van der Waals surface area contributed by atoms with Crippen molar-refractivity contribution in [3.05, 3.63) is 35.7 Å². The maximum absolute atomic E-state index is 11.7. The number of aromatic nitrogens is 2. The van der Waals surface area contributed by atoms with E-state index in [1.165, 1.54) is 12.5 Å². The Morgan fingerprint density at radius 2 is 1.80 bits per heavy atom. The summed E-state index contributed by atoms with van der Waals surface area (Å²) in [5, 5.41) is 9.30. The van der Waals surface area contributed by atoms with Gasteiger partial charge >= 0.3 is 0 Å². The number of amides is 2. The van der Waals surface area contributed by atoms with Crippen molar-refractivity contribution < 1.29 is 14.1 Å². The number of nitrogens with one attached hydrogen (secondary N) is 2. The zero-order chi connectivity index (χ0) is 18.2. The van der Waals surface area contributed by atoms with Gasteiger partial charge in [0.05, 0.1) is 0 Å². The normalized spacial score (nSPS) is 10.7. The van der Waals surface area contributed by atoms with Gasteiger partial charge in [-0.2, -0.15) is 4.98 Å². The third kappa shape index (κ3) is 6.02. The SMILES string of the molecule is CC(=O)NCCNC(=O)CCc1nc(-c2ccc(C(C)C)cc2)no1. The molecular formula is C18H24N4O3. The van der Waals surface area contributed by atoms with Crippen molar-refractivity contribution in [1.29, 1.82) is 0 Å². The van der Waals surface area contributed by atoms with Crippen LogP contribution in [0.15, 0.2) is 28.8 Å². The molecule has 7 nitrogen and oxygen atoms in total. The second-order valence-electron chi connectivity index (χ2n) is 6.12. The highest BCUT2D eigenvalue weighted by molar-refractivity contribution is 5.76. The molecule has 0 unspecified atom stereocenters. The molecule has 2 N–H and O–H groups in total. The largest absolute Gasteiger partial charge is 0.355 e. The first kappa shape index (κ1) is 18.6. The van der Waals surface area contributed by atoms with Crippen molar-refractivity contribution >= 4 is 11.8 Å². The van der Waals surface area contributed by atoms with E-state index >= 15 is 0 Å². The van der Waals surface area contributed by atoms with Crippen molar-refractivity contribution in [3.8, 4) is 11.4 Å². The lowest BCUT2D eigenvalue weighted by Crippen LogP contribution is -2.33. The molecule has 1 heterocycles. The fourth-order valence-corrected chi connectivity index (χ4v) is 2.24. The van der Waals surface area contributed by atoms with Crippen LogP contribution in [0.1, 0.15) is 44.6 Å². The fraction of sp³-hybridized carbons (Fsp3) is 0.444. The third-order valence-electron chi connectivity index (χ3n) is 3.69. The molecule has 0 bridgehead atoms. The molecule has 2 rings (SSSR count). The molecule has 2 amide bonds. The molecule has 7 heteroatoms. The van der Waals surface area contributed by atoms with Gasteiger partial charge in [-0.1, -0.05) is 43.3 Å². The van der Waals surface area contributed by atoms with E-state index in [9.17, 15) is 9.59 Å². The summed E-state index contributed by atoms with van der Waals surface area (Å²) in [5.74, 6) is 1.19. The van der Waals surface area contributed by atoms with Crippen molar-refractivity contribution in [1.82, 2.24) is 20.8 Å². The van der Waals surface area contributed by atoms with Crippen molar-refractivity contribution in [2.75, 3.05) is 13.1 Å². The molecule has 134 valence electrons. The van der Waals surface area contributed by atoms with E-state index in [2.05, 4.69) is 46.8 Å². The summed E-state index contributed by atoms with van der Waals surface area (Å²) in [6.07, 6.45) is 0.636. The van der Waals surface area contributed by atoms with E-state index in [-0.39, 0.29) is 18.2 Å². The minimum atomic E-state index is -0.119. The summed E-state index contributed by atoms with van der Waals surface area (Å²) in [6.45, 7) is 6.53. The Hall–Kier alpha value is -2.70. The standard InChI is InChI=1S/C18H24N4O3/c1-12(2)14-4-6-15(7-5-14)18-21-17(25-22-18)9-8-16(24)20-11-10-19-13(3)23/h4-7,12H,8-11H2,1-3H3,(H,19,23)(H,20,24). The van der Waals surface area contributed by atoms with E-state index in [0.717, 1.165) is 5.56 Å². The molecule has 0 saturated heterocycles. The predicted molar refractivity (Wildman–Crippen MR) is 93.8 cm³/mol. The molecule has 1 aromatic carbocycles. The number of carbonyl (C=O) groups excluding carboxylic acids is 2. The average Bonchev–Trinajstić information content (AvgIpc) is 3.06. The molecule has 2 aromatic rings. The van der Waals surface area contributed by atoms with E-state index in [0.29, 0.717) is 37.1 Å². The molecule has 0 aliphatic carbocycles. The first-order valence-corrected chi connectivity index (χ1v) is 8.39. The van der Waals surface area contributed by atoms with Gasteiger partial charge in [-0.25, -0.2) is 0 Å². The molecule has 0 atom stereocenters. The lowest BCUT2D eigenvalue weighted by Gasteiger charge is -2.04. The van der Waals surface area contributed by atoms with Crippen molar-refractivity contribution in [2.24, 2.45) is 0 Å². The van der Waals surface area contributed by atoms with Crippen LogP contribution < -0.4 is 10.6 Å². The molecule has 0 radical (unpaired) electrons. The second-order valence-corrected chi connectivity index (χ2v) is 6.12. The average molecular weight is 344 g/mol. The van der Waals surface area contributed by atoms with E-state index in [4.69, 9.17) is 4.52 Å². The summed E-state index contributed by atoms with van der Waals surface area (Å²) in [6, 6.07) is 8.05. The van der Waals surface area contributed by atoms with Crippen molar-refractivity contribution in [3.63, 3.8) is 0 Å². The lowest BCUT2D eigenvalue weighted by atomic mass is 10.0. The number of carbonyl (C=O) groups is 2. The first-order valence-electron chi connectivity index (χ1n) is 8.39. The van der Waals surface area contributed by atoms with Crippen LogP contribution in [0.25, 0.3) is 11.4 Å². The minimum Gasteiger partial charge on any atom is -0.355 e. The number of hydrogen-bond donors (Lipinski definition) is 2. The number of hydrogen-bond acceptors (Lipinski definition) is 5. The summed E-state index contributed by atoms with van der Waals surface area (Å²) in [4.78, 5) is 26.8. The Labute approximate surface area is 147 Å². The van der Waals surface area contributed by atoms with Gasteiger partial charge in [0, 0.05) is 38.4 Å². The Bertz CT molecular complexity index is 707. The molecular weight excluding hydrogens is 320 g/mol. The van der Waals surface area contributed by atoms with Crippen LogP contribution >= 0.6 is 0 Å². The van der Waals surface area contributed by atoms with Crippen LogP contribution in [0.2, 0.25) is 0 Å². The van der Waals surface area contributed by atoms with Crippen molar-refractivity contribution in [2.45, 2.75) is 39.5 Å². The summed E-state index contributed by atoms with van der Waals surface area (Å²) >= 11 is 0. The lowest BCUT2D eigenvalue weighted by molar-refractivity contribution is -0.122. The Morgan fingerprint density at radius 3 is 2.44 bits per heavy atom. The molecule has 0 aliphatic heterocycles. The number of benzene rings is 1. The quantitative estimate of drug-likeness (QED) is 0.714. The molecule has 0 saturated carbocycles. The van der Waals surface area contributed by atoms with Gasteiger partial charge in [0.2, 0.25) is 23.5 Å².